The Labute approximate surface area is 129 Å². The van der Waals surface area contributed by atoms with Gasteiger partial charge in [-0.05, 0) is 45.3 Å². The molecule has 1 fully saturated rings. The molecule has 2 heterocycles. The van der Waals surface area contributed by atoms with Crippen LogP contribution in [0.5, 0.6) is 0 Å². The van der Waals surface area contributed by atoms with Gasteiger partial charge in [-0.15, -0.1) is 0 Å². The van der Waals surface area contributed by atoms with Gasteiger partial charge >= 0.3 is 0 Å². The van der Waals surface area contributed by atoms with Crippen molar-refractivity contribution in [3.8, 4) is 0 Å². The Morgan fingerprint density at radius 3 is 2.38 bits per heavy atom. The van der Waals surface area contributed by atoms with Gasteiger partial charge in [0.15, 0.2) is 0 Å². The van der Waals surface area contributed by atoms with Crippen molar-refractivity contribution < 1.29 is 0 Å². The van der Waals surface area contributed by atoms with Crippen LogP contribution < -0.4 is 5.32 Å². The van der Waals surface area contributed by atoms with Gasteiger partial charge in [0.2, 0.25) is 0 Å². The van der Waals surface area contributed by atoms with Gasteiger partial charge in [0.05, 0.1) is 0 Å². The van der Waals surface area contributed by atoms with Gasteiger partial charge in [0.25, 0.3) is 0 Å². The normalized spacial score (nSPS) is 18.3. The van der Waals surface area contributed by atoms with Crippen molar-refractivity contribution in [3.63, 3.8) is 0 Å². The van der Waals surface area contributed by atoms with Gasteiger partial charge in [-0.3, -0.25) is 4.90 Å². The Hall–Kier alpha value is -0.870. The van der Waals surface area contributed by atoms with Crippen LogP contribution in [-0.2, 0) is 13.5 Å². The average Bonchev–Trinajstić information content (AvgIpc) is 3.14. The highest BCUT2D eigenvalue weighted by molar-refractivity contribution is 5.06. The molecule has 4 heteroatoms. The molecular formula is C17H32N4. The lowest BCUT2D eigenvalue weighted by Gasteiger charge is -2.47. The van der Waals surface area contributed by atoms with Crippen molar-refractivity contribution in [1.82, 2.24) is 19.8 Å². The maximum atomic E-state index is 4.55. The Balaban J connectivity index is 2.25. The van der Waals surface area contributed by atoms with Crippen molar-refractivity contribution in [2.24, 2.45) is 7.05 Å². The number of likely N-dealkylation sites (N-methyl/N-ethyl adjacent to an activating group) is 1. The van der Waals surface area contributed by atoms with E-state index in [0.29, 0.717) is 6.04 Å². The van der Waals surface area contributed by atoms with Crippen LogP contribution in [-0.4, -0.2) is 45.7 Å². The first-order chi connectivity index (χ1) is 10.2. The third-order valence-corrected chi connectivity index (χ3v) is 5.37. The van der Waals surface area contributed by atoms with Crippen LogP contribution in [0.15, 0.2) is 12.4 Å². The number of aromatic nitrogens is 2. The highest BCUT2D eigenvalue weighted by atomic mass is 15.2. The fourth-order valence-corrected chi connectivity index (χ4v) is 4.05. The minimum atomic E-state index is 0.262. The fraction of sp³-hybridized carbons (Fsp3) is 0.824. The quantitative estimate of drug-likeness (QED) is 0.799. The lowest BCUT2D eigenvalue weighted by atomic mass is 9.80. The van der Waals surface area contributed by atoms with E-state index in [1.54, 1.807) is 0 Å². The van der Waals surface area contributed by atoms with Gasteiger partial charge in [0.1, 0.15) is 5.82 Å². The van der Waals surface area contributed by atoms with Gasteiger partial charge in [-0.25, -0.2) is 4.98 Å². The molecule has 0 spiro atoms. The number of rotatable bonds is 8. The second-order valence-electron chi connectivity index (χ2n) is 6.27. The SMILES string of the molecule is CCNC(Cc1nccn1C)C(CC)(CC)N1CCCC1. The first-order valence-corrected chi connectivity index (χ1v) is 8.62. The van der Waals surface area contributed by atoms with Crippen molar-refractivity contribution >= 4 is 0 Å². The molecule has 1 saturated heterocycles. The highest BCUT2D eigenvalue weighted by Crippen LogP contribution is 2.33. The molecule has 4 nitrogen and oxygen atoms in total. The Morgan fingerprint density at radius 2 is 1.90 bits per heavy atom. The monoisotopic (exact) mass is 292 g/mol. The predicted molar refractivity (Wildman–Crippen MR) is 88.5 cm³/mol. The van der Waals surface area contributed by atoms with Crippen LogP contribution in [0.25, 0.3) is 0 Å². The zero-order chi connectivity index (χ0) is 15.3. The van der Waals surface area contributed by atoms with E-state index in [1.807, 2.05) is 12.4 Å². The summed E-state index contributed by atoms with van der Waals surface area (Å²) in [6.45, 7) is 10.4. The molecule has 1 atom stereocenters. The lowest BCUT2D eigenvalue weighted by molar-refractivity contribution is 0.0617. The molecule has 0 radical (unpaired) electrons. The summed E-state index contributed by atoms with van der Waals surface area (Å²) in [6, 6.07) is 0.469. The number of nitrogens with one attached hydrogen (secondary N) is 1. The molecule has 1 aromatic heterocycles. The van der Waals surface area contributed by atoms with Crippen molar-refractivity contribution in [2.75, 3.05) is 19.6 Å². The van der Waals surface area contributed by atoms with E-state index in [2.05, 4.69) is 47.6 Å². The van der Waals surface area contributed by atoms with E-state index in [-0.39, 0.29) is 5.54 Å². The zero-order valence-electron chi connectivity index (χ0n) is 14.2. The maximum absolute atomic E-state index is 4.55. The number of nitrogens with zero attached hydrogens (tertiary/aromatic N) is 3. The first kappa shape index (κ1) is 16.5. The molecular weight excluding hydrogens is 260 g/mol. The summed E-state index contributed by atoms with van der Waals surface area (Å²) in [5, 5.41) is 3.77. The summed E-state index contributed by atoms with van der Waals surface area (Å²) >= 11 is 0. The minimum absolute atomic E-state index is 0.262. The molecule has 2 rings (SSSR count). The summed E-state index contributed by atoms with van der Waals surface area (Å²) in [4.78, 5) is 7.29. The standard InChI is InChI=1S/C17H32N4/c1-5-17(6-2,21-11-8-9-12-21)15(18-7-3)14-16-19-10-13-20(16)4/h10,13,15,18H,5-9,11-12,14H2,1-4H3. The number of imidazole rings is 1. The van der Waals surface area contributed by atoms with E-state index in [9.17, 15) is 0 Å². The van der Waals surface area contributed by atoms with Crippen molar-refractivity contribution in [3.05, 3.63) is 18.2 Å². The molecule has 1 N–H and O–H groups in total. The largest absolute Gasteiger partial charge is 0.338 e. The minimum Gasteiger partial charge on any atom is -0.338 e. The molecule has 0 saturated carbocycles. The summed E-state index contributed by atoms with van der Waals surface area (Å²) in [5.74, 6) is 1.19. The van der Waals surface area contributed by atoms with E-state index in [0.717, 1.165) is 13.0 Å². The summed E-state index contributed by atoms with van der Waals surface area (Å²) in [5.41, 5.74) is 0.262. The zero-order valence-corrected chi connectivity index (χ0v) is 14.2. The number of hydrogen-bond acceptors (Lipinski definition) is 3. The molecule has 120 valence electrons. The molecule has 1 aliphatic rings. The van der Waals surface area contributed by atoms with E-state index >= 15 is 0 Å². The molecule has 1 unspecified atom stereocenters. The van der Waals surface area contributed by atoms with E-state index in [1.165, 1.54) is 44.6 Å². The van der Waals surface area contributed by atoms with Crippen molar-refractivity contribution in [2.45, 2.75) is 64.5 Å². The smallest absolute Gasteiger partial charge is 0.109 e. The summed E-state index contributed by atoms with van der Waals surface area (Å²) < 4.78 is 2.16. The van der Waals surface area contributed by atoms with Crippen LogP contribution in [0.1, 0.15) is 52.3 Å². The molecule has 0 bridgehead atoms. The predicted octanol–water partition coefficient (Wildman–Crippen LogP) is 2.60. The van der Waals surface area contributed by atoms with Crippen LogP contribution in [0.4, 0.5) is 0 Å². The molecule has 1 aromatic rings. The summed E-state index contributed by atoms with van der Waals surface area (Å²) in [7, 11) is 2.10. The fourth-order valence-electron chi connectivity index (χ4n) is 4.05. The van der Waals surface area contributed by atoms with Gasteiger partial charge < -0.3 is 9.88 Å². The van der Waals surface area contributed by atoms with Crippen molar-refractivity contribution in [1.29, 1.82) is 0 Å². The Morgan fingerprint density at radius 1 is 1.24 bits per heavy atom. The van der Waals surface area contributed by atoms with Gasteiger partial charge in [0, 0.05) is 37.4 Å². The molecule has 0 aromatic carbocycles. The third kappa shape index (κ3) is 3.32. The second kappa shape index (κ2) is 7.41. The molecule has 21 heavy (non-hydrogen) atoms. The topological polar surface area (TPSA) is 33.1 Å². The van der Waals surface area contributed by atoms with Crippen LogP contribution in [0.3, 0.4) is 0 Å². The third-order valence-electron chi connectivity index (χ3n) is 5.37. The maximum Gasteiger partial charge on any atom is 0.109 e. The molecule has 0 aliphatic carbocycles. The summed E-state index contributed by atoms with van der Waals surface area (Å²) in [6.07, 6.45) is 10.1. The Bertz CT molecular complexity index is 416. The van der Waals surface area contributed by atoms with Crippen LogP contribution in [0, 0.1) is 0 Å². The lowest BCUT2D eigenvalue weighted by Crippen LogP contribution is -2.61. The first-order valence-electron chi connectivity index (χ1n) is 8.62. The van der Waals surface area contributed by atoms with Gasteiger partial charge in [-0.1, -0.05) is 20.8 Å². The number of hydrogen-bond donors (Lipinski definition) is 1. The van der Waals surface area contributed by atoms with Crippen LogP contribution in [0.2, 0.25) is 0 Å². The molecule has 1 aliphatic heterocycles. The van der Waals surface area contributed by atoms with E-state index in [4.69, 9.17) is 0 Å². The average molecular weight is 292 g/mol. The number of aryl methyl sites for hydroxylation is 1. The second-order valence-corrected chi connectivity index (χ2v) is 6.27. The van der Waals surface area contributed by atoms with Crippen LogP contribution >= 0.6 is 0 Å². The Kier molecular flexibility index (Phi) is 5.82. The highest BCUT2D eigenvalue weighted by Gasteiger charge is 2.42. The number of likely N-dealkylation sites (tertiary alicyclic amines) is 1. The van der Waals surface area contributed by atoms with Gasteiger partial charge in [-0.2, -0.15) is 0 Å². The van der Waals surface area contributed by atoms with E-state index < -0.39 is 0 Å². The molecule has 0 amide bonds.